The van der Waals surface area contributed by atoms with Gasteiger partial charge in [0.1, 0.15) is 5.02 Å². The van der Waals surface area contributed by atoms with Crippen LogP contribution in [0.3, 0.4) is 0 Å². The third kappa shape index (κ3) is 3.74. The third-order valence-corrected chi connectivity index (χ3v) is 4.37. The average Bonchev–Trinajstić information content (AvgIpc) is 2.42. The van der Waals surface area contributed by atoms with Gasteiger partial charge in [0.15, 0.2) is 0 Å². The van der Waals surface area contributed by atoms with E-state index in [9.17, 15) is 10.1 Å². The van der Waals surface area contributed by atoms with Crippen molar-refractivity contribution in [1.29, 1.82) is 0 Å². The highest BCUT2D eigenvalue weighted by Crippen LogP contribution is 2.30. The first-order chi connectivity index (χ1) is 9.88. The van der Waals surface area contributed by atoms with E-state index in [0.717, 1.165) is 21.3 Å². The van der Waals surface area contributed by atoms with Gasteiger partial charge in [0.05, 0.1) is 4.92 Å². The molecule has 0 unspecified atom stereocenters. The molecule has 0 heterocycles. The molecule has 4 nitrogen and oxygen atoms in total. The van der Waals surface area contributed by atoms with E-state index in [2.05, 4.69) is 21.2 Å². The molecule has 0 aliphatic rings. The Hall–Kier alpha value is -1.59. The molecule has 0 radical (unpaired) electrons. The molecule has 0 amide bonds. The fraction of sp³-hybridized carbons (Fsp3) is 0.200. The lowest BCUT2D eigenvalue weighted by Gasteiger charge is -2.11. The van der Waals surface area contributed by atoms with Crippen LogP contribution in [0.4, 0.5) is 11.4 Å². The maximum Gasteiger partial charge on any atom is 0.288 e. The normalized spacial score (nSPS) is 10.5. The van der Waals surface area contributed by atoms with Gasteiger partial charge in [-0.2, -0.15) is 0 Å². The first kappa shape index (κ1) is 15.8. The molecule has 0 fully saturated rings. The van der Waals surface area contributed by atoms with Gasteiger partial charge in [0, 0.05) is 22.8 Å². The average molecular weight is 370 g/mol. The summed E-state index contributed by atoms with van der Waals surface area (Å²) in [6, 6.07) is 9.20. The summed E-state index contributed by atoms with van der Waals surface area (Å²) in [6.07, 6.45) is 0. The van der Waals surface area contributed by atoms with Crippen molar-refractivity contribution in [1.82, 2.24) is 0 Å². The van der Waals surface area contributed by atoms with Gasteiger partial charge in [-0.3, -0.25) is 10.1 Å². The van der Waals surface area contributed by atoms with Crippen molar-refractivity contribution in [2.75, 3.05) is 5.32 Å². The van der Waals surface area contributed by atoms with E-state index < -0.39 is 4.92 Å². The Morgan fingerprint density at radius 2 is 1.95 bits per heavy atom. The van der Waals surface area contributed by atoms with Gasteiger partial charge in [0.25, 0.3) is 5.69 Å². The second-order valence-corrected chi connectivity index (χ2v) is 6.07. The lowest BCUT2D eigenvalue weighted by Crippen LogP contribution is -2.02. The van der Waals surface area contributed by atoms with Crippen molar-refractivity contribution in [2.24, 2.45) is 0 Å². The van der Waals surface area contributed by atoms with E-state index in [1.54, 1.807) is 6.07 Å². The maximum absolute atomic E-state index is 10.8. The molecule has 110 valence electrons. The number of nitro benzene ring substituents is 1. The van der Waals surface area contributed by atoms with Crippen molar-refractivity contribution in [3.8, 4) is 0 Å². The summed E-state index contributed by atoms with van der Waals surface area (Å²) >= 11 is 9.43. The SMILES string of the molecule is Cc1ccc(CNc2cc(Cl)c([N+](=O)[O-])cc2C)cc1Br. The molecule has 0 saturated carbocycles. The molecule has 0 atom stereocenters. The summed E-state index contributed by atoms with van der Waals surface area (Å²) in [5, 5.41) is 14.2. The minimum Gasteiger partial charge on any atom is -0.381 e. The number of anilines is 1. The van der Waals surface area contributed by atoms with E-state index >= 15 is 0 Å². The van der Waals surface area contributed by atoms with Crippen molar-refractivity contribution in [3.05, 3.63) is 66.6 Å². The molecule has 2 aromatic rings. The van der Waals surface area contributed by atoms with Crippen LogP contribution in [-0.2, 0) is 6.54 Å². The minimum atomic E-state index is -0.476. The van der Waals surface area contributed by atoms with Crippen LogP contribution in [0.25, 0.3) is 0 Å². The Labute approximate surface area is 136 Å². The number of hydrogen-bond donors (Lipinski definition) is 1. The molecule has 21 heavy (non-hydrogen) atoms. The van der Waals surface area contributed by atoms with Crippen molar-refractivity contribution in [3.63, 3.8) is 0 Å². The number of benzene rings is 2. The lowest BCUT2D eigenvalue weighted by atomic mass is 10.1. The second kappa shape index (κ2) is 6.45. The van der Waals surface area contributed by atoms with Gasteiger partial charge < -0.3 is 5.32 Å². The maximum atomic E-state index is 10.8. The van der Waals surface area contributed by atoms with E-state index in [-0.39, 0.29) is 10.7 Å². The largest absolute Gasteiger partial charge is 0.381 e. The Kier molecular flexibility index (Phi) is 4.85. The number of nitro groups is 1. The van der Waals surface area contributed by atoms with E-state index in [1.165, 1.54) is 11.6 Å². The van der Waals surface area contributed by atoms with Crippen LogP contribution >= 0.6 is 27.5 Å². The first-order valence-electron chi connectivity index (χ1n) is 6.32. The fourth-order valence-corrected chi connectivity index (χ4v) is 2.60. The molecule has 0 aromatic heterocycles. The van der Waals surface area contributed by atoms with Crippen LogP contribution in [0.2, 0.25) is 5.02 Å². The lowest BCUT2D eigenvalue weighted by molar-refractivity contribution is -0.384. The number of halogens is 2. The fourth-order valence-electron chi connectivity index (χ4n) is 1.94. The topological polar surface area (TPSA) is 55.2 Å². The number of aryl methyl sites for hydroxylation is 2. The zero-order valence-corrected chi connectivity index (χ0v) is 14.0. The van der Waals surface area contributed by atoms with Crippen LogP contribution in [-0.4, -0.2) is 4.92 Å². The molecule has 2 rings (SSSR count). The second-order valence-electron chi connectivity index (χ2n) is 4.81. The molecule has 0 bridgehead atoms. The molecular weight excluding hydrogens is 356 g/mol. The number of nitrogens with zero attached hydrogens (tertiary/aromatic N) is 1. The quantitative estimate of drug-likeness (QED) is 0.592. The molecule has 0 aliphatic heterocycles. The van der Waals surface area contributed by atoms with Crippen LogP contribution in [0.5, 0.6) is 0 Å². The zero-order chi connectivity index (χ0) is 15.6. The van der Waals surface area contributed by atoms with E-state index in [0.29, 0.717) is 6.54 Å². The first-order valence-corrected chi connectivity index (χ1v) is 7.49. The summed E-state index contributed by atoms with van der Waals surface area (Å²) in [4.78, 5) is 10.4. The molecule has 0 spiro atoms. The molecular formula is C15H14BrClN2O2. The Morgan fingerprint density at radius 3 is 2.57 bits per heavy atom. The standard InChI is InChI=1S/C15H14BrClN2O2/c1-9-3-4-11(6-12(9)16)8-18-14-7-13(17)15(19(20)21)5-10(14)2/h3-7,18H,8H2,1-2H3. The van der Waals surface area contributed by atoms with Crippen molar-refractivity contribution < 1.29 is 4.92 Å². The van der Waals surface area contributed by atoms with E-state index in [1.807, 2.05) is 32.0 Å². The third-order valence-electron chi connectivity index (χ3n) is 3.21. The Morgan fingerprint density at radius 1 is 1.24 bits per heavy atom. The molecule has 1 N–H and O–H groups in total. The van der Waals surface area contributed by atoms with Crippen LogP contribution in [0, 0.1) is 24.0 Å². The van der Waals surface area contributed by atoms with Gasteiger partial charge >= 0.3 is 0 Å². The number of rotatable bonds is 4. The van der Waals surface area contributed by atoms with Gasteiger partial charge in [0.2, 0.25) is 0 Å². The highest BCUT2D eigenvalue weighted by atomic mass is 79.9. The van der Waals surface area contributed by atoms with Crippen LogP contribution in [0.1, 0.15) is 16.7 Å². The smallest absolute Gasteiger partial charge is 0.288 e. The summed E-state index contributed by atoms with van der Waals surface area (Å²) < 4.78 is 1.06. The predicted molar refractivity (Wildman–Crippen MR) is 89.0 cm³/mol. The number of hydrogen-bond acceptors (Lipinski definition) is 3. The van der Waals surface area contributed by atoms with Crippen molar-refractivity contribution >= 4 is 38.9 Å². The van der Waals surface area contributed by atoms with Crippen LogP contribution < -0.4 is 5.32 Å². The predicted octanol–water partition coefficient (Wildman–Crippen LogP) is 5.24. The summed E-state index contributed by atoms with van der Waals surface area (Å²) in [6.45, 7) is 4.46. The Bertz CT molecular complexity index is 704. The monoisotopic (exact) mass is 368 g/mol. The van der Waals surface area contributed by atoms with Crippen molar-refractivity contribution in [2.45, 2.75) is 20.4 Å². The Balaban J connectivity index is 2.18. The van der Waals surface area contributed by atoms with Crippen LogP contribution in [0.15, 0.2) is 34.8 Å². The summed E-state index contributed by atoms with van der Waals surface area (Å²) in [5.41, 5.74) is 3.80. The van der Waals surface area contributed by atoms with Gasteiger partial charge in [-0.15, -0.1) is 0 Å². The summed E-state index contributed by atoms with van der Waals surface area (Å²) in [5.74, 6) is 0. The highest BCUT2D eigenvalue weighted by Gasteiger charge is 2.14. The zero-order valence-electron chi connectivity index (χ0n) is 11.6. The molecule has 0 saturated heterocycles. The summed E-state index contributed by atoms with van der Waals surface area (Å²) in [7, 11) is 0. The van der Waals surface area contributed by atoms with Gasteiger partial charge in [-0.05, 0) is 42.7 Å². The molecule has 0 aliphatic carbocycles. The molecule has 6 heteroatoms. The minimum absolute atomic E-state index is 0.0715. The van der Waals surface area contributed by atoms with Gasteiger partial charge in [-0.25, -0.2) is 0 Å². The molecule has 2 aromatic carbocycles. The number of nitrogens with one attached hydrogen (secondary N) is 1. The van der Waals surface area contributed by atoms with E-state index in [4.69, 9.17) is 11.6 Å². The highest BCUT2D eigenvalue weighted by molar-refractivity contribution is 9.10. The van der Waals surface area contributed by atoms with Gasteiger partial charge in [-0.1, -0.05) is 39.7 Å².